The first-order valence-corrected chi connectivity index (χ1v) is 35.7. The van der Waals surface area contributed by atoms with Gasteiger partial charge in [-0.05, 0) is 112 Å². The summed E-state index contributed by atoms with van der Waals surface area (Å²) in [6, 6.07) is 93.3. The summed E-state index contributed by atoms with van der Waals surface area (Å²) in [6.45, 7) is 16.2. The van der Waals surface area contributed by atoms with Gasteiger partial charge in [-0.2, -0.15) is 0 Å². The van der Waals surface area contributed by atoms with Crippen LogP contribution in [0.2, 0.25) is 10.0 Å². The number of hydrogen-bond acceptors (Lipinski definition) is 13. The summed E-state index contributed by atoms with van der Waals surface area (Å²) in [4.78, 5) is 32.9. The minimum atomic E-state index is -1.57. The van der Waals surface area contributed by atoms with E-state index in [9.17, 15) is 0 Å². The summed E-state index contributed by atoms with van der Waals surface area (Å²) in [7, 11) is -2.52. The van der Waals surface area contributed by atoms with E-state index in [0.717, 1.165) is 81.3 Å². The van der Waals surface area contributed by atoms with Gasteiger partial charge in [0.2, 0.25) is 0 Å². The molecule has 0 atom stereocenters. The third-order valence-corrected chi connectivity index (χ3v) is 20.2. The van der Waals surface area contributed by atoms with E-state index < -0.39 is 21.1 Å². The lowest BCUT2D eigenvalue weighted by atomic mass is 9.49. The van der Waals surface area contributed by atoms with Crippen LogP contribution in [0.3, 0.4) is 0 Å². The first-order valence-electron chi connectivity index (χ1n) is 34.2. The number of pyridine rings is 1. The van der Waals surface area contributed by atoms with Crippen molar-refractivity contribution in [1.82, 2.24) is 34.9 Å². The van der Waals surface area contributed by atoms with E-state index in [4.69, 9.17) is 81.8 Å². The lowest BCUT2D eigenvalue weighted by molar-refractivity contribution is 0.00578. The van der Waals surface area contributed by atoms with E-state index in [1.807, 2.05) is 207 Å². The highest BCUT2D eigenvalue weighted by Gasteiger charge is 2.63. The Balaban J connectivity index is 0.000000134. The van der Waals surface area contributed by atoms with Gasteiger partial charge < -0.3 is 28.7 Å². The van der Waals surface area contributed by atoms with Crippen LogP contribution >= 0.6 is 39.1 Å². The van der Waals surface area contributed by atoms with Crippen molar-refractivity contribution in [3.05, 3.63) is 300 Å². The minimum absolute atomic E-state index is 0.227. The predicted octanol–water partition coefficient (Wildman–Crippen LogP) is 20.1. The zero-order valence-electron chi connectivity index (χ0n) is 58.7. The summed E-state index contributed by atoms with van der Waals surface area (Å²) in [6.07, 6.45) is 1.42. The molecule has 0 radical (unpaired) electrons. The van der Waals surface area contributed by atoms with Crippen LogP contribution in [0.5, 0.6) is 0 Å². The molecule has 514 valence electrons. The van der Waals surface area contributed by atoms with Crippen molar-refractivity contribution in [1.29, 1.82) is 0 Å². The van der Waals surface area contributed by atoms with Crippen molar-refractivity contribution in [3.63, 3.8) is 0 Å². The standard InChI is InChI=1S/C37H24ClN3.C27H18BrN3.C12H24B2O4.C9H7BClNO2/c38-34-24-23-31(32-13-7-8-14-33(32)34)27-17-21-30(22-18-27)37-40-35(28-11-5-2-6-12-28)39-36(41-37)29-19-15-26(16-20-29)25-9-3-1-4-10-25;28-24-17-15-23(16-18-24)27-30-25(21-9-5-2-6-10-21)29-26(31-27)22-13-11-20(12-14-22)19-7-3-1-4-8-19;1-9(2)10(3,4)16-13(15-9)14-17-11(5,6)12(7,8)18-14;11-8-5-12-9(10(13)14)7-4-2-1-3-6(7)8/h1-24H;1-18H;1-8H3;1-5,13-14H. The fraction of sp³-hybridized carbons (Fsp3) is 0.141. The Morgan fingerprint density at radius 3 is 0.904 bits per heavy atom. The molecule has 2 fully saturated rings. The van der Waals surface area contributed by atoms with Crippen molar-refractivity contribution in [2.24, 2.45) is 0 Å². The number of halogens is 3. The Hall–Kier alpha value is -9.88. The van der Waals surface area contributed by atoms with Crippen LogP contribution in [0.25, 0.3) is 123 Å². The SMILES string of the molecule is Brc1ccc(-c2nc(-c3ccccc3)nc(-c3ccc(-c4ccccc4)cc3)n2)cc1.CC1(C)OB(B2OC(C)(C)C(C)(C)O2)OC1(C)C.Clc1ccc(-c2ccc(-c3nc(-c4ccccc4)nc(-c4ccc(-c5ccccc5)cc4)n3)cc2)c2ccccc12.OB(O)c1ncc(Cl)c2ccccc12. The maximum absolute atomic E-state index is 9.06. The highest BCUT2D eigenvalue weighted by atomic mass is 79.9. The van der Waals surface area contributed by atoms with Gasteiger partial charge in [0.25, 0.3) is 0 Å². The fourth-order valence-electron chi connectivity index (χ4n) is 11.9. The molecule has 0 bridgehead atoms. The number of benzene rings is 11. The van der Waals surface area contributed by atoms with E-state index in [2.05, 4.69) is 136 Å². The van der Waals surface area contributed by atoms with E-state index in [1.54, 1.807) is 12.1 Å². The van der Waals surface area contributed by atoms with Gasteiger partial charge in [-0.15, -0.1) is 0 Å². The van der Waals surface area contributed by atoms with E-state index in [0.29, 0.717) is 45.4 Å². The van der Waals surface area contributed by atoms with E-state index in [-0.39, 0.29) is 28.0 Å². The van der Waals surface area contributed by atoms with Crippen LogP contribution in [0.15, 0.2) is 290 Å². The molecule has 0 spiro atoms. The lowest BCUT2D eigenvalue weighted by Crippen LogP contribution is -2.41. The number of aromatic nitrogens is 7. The highest BCUT2D eigenvalue weighted by molar-refractivity contribution is 9.10. The van der Waals surface area contributed by atoms with Gasteiger partial charge in [0.1, 0.15) is 0 Å². The smallest absolute Gasteiger partial charge is 0.422 e. The molecule has 16 rings (SSSR count). The first kappa shape index (κ1) is 72.5. The summed E-state index contributed by atoms with van der Waals surface area (Å²) in [5, 5.41) is 23.0. The van der Waals surface area contributed by atoms with Crippen molar-refractivity contribution < 1.29 is 28.7 Å². The molecule has 14 aromatic rings. The minimum Gasteiger partial charge on any atom is -0.422 e. The molecule has 2 saturated heterocycles. The van der Waals surface area contributed by atoms with Gasteiger partial charge in [0.05, 0.1) is 33.0 Å². The van der Waals surface area contributed by atoms with Gasteiger partial charge >= 0.3 is 21.1 Å². The molecule has 104 heavy (non-hydrogen) atoms. The van der Waals surface area contributed by atoms with Crippen LogP contribution in [0, 0.1) is 0 Å². The molecule has 11 aromatic carbocycles. The largest absolute Gasteiger partial charge is 0.508 e. The molecule has 2 aliphatic heterocycles. The molecule has 0 amide bonds. The second-order valence-corrected chi connectivity index (χ2v) is 28.8. The normalized spacial score (nSPS) is 14.5. The number of hydrogen-bond donors (Lipinski definition) is 2. The van der Waals surface area contributed by atoms with Gasteiger partial charge in [0.15, 0.2) is 34.9 Å². The molecule has 3 aromatic heterocycles. The second-order valence-electron chi connectivity index (χ2n) is 27.1. The van der Waals surface area contributed by atoms with Crippen LogP contribution in [0.4, 0.5) is 0 Å². The quantitative estimate of drug-likeness (QED) is 0.118. The molecule has 13 nitrogen and oxygen atoms in total. The Morgan fingerprint density at radius 1 is 0.298 bits per heavy atom. The fourth-order valence-corrected chi connectivity index (χ4v) is 12.6. The molecule has 5 heterocycles. The van der Waals surface area contributed by atoms with E-state index in [1.165, 1.54) is 17.3 Å². The average molecular weight is 1470 g/mol. The van der Waals surface area contributed by atoms with E-state index >= 15 is 0 Å². The van der Waals surface area contributed by atoms with Crippen molar-refractivity contribution in [3.8, 4) is 102 Å². The number of nitrogens with zero attached hydrogens (tertiary/aromatic N) is 7. The molecular weight excluding hydrogens is 1400 g/mol. The summed E-state index contributed by atoms with van der Waals surface area (Å²) >= 11 is 15.9. The Labute approximate surface area is 626 Å². The van der Waals surface area contributed by atoms with Gasteiger partial charge in [-0.3, -0.25) is 4.98 Å². The topological polar surface area (TPSA) is 168 Å². The summed E-state index contributed by atoms with van der Waals surface area (Å²) in [5.41, 5.74) is 11.4. The Morgan fingerprint density at radius 2 is 0.558 bits per heavy atom. The number of fused-ring (bicyclic) bond motifs is 2. The van der Waals surface area contributed by atoms with Gasteiger partial charge in [-0.1, -0.05) is 300 Å². The highest BCUT2D eigenvalue weighted by Crippen LogP contribution is 2.44. The number of rotatable bonds is 11. The van der Waals surface area contributed by atoms with Gasteiger partial charge in [0, 0.05) is 65.2 Å². The third-order valence-electron chi connectivity index (χ3n) is 19.0. The maximum Gasteiger partial charge on any atom is 0.508 e. The van der Waals surface area contributed by atoms with Crippen molar-refractivity contribution in [2.45, 2.75) is 77.8 Å². The second kappa shape index (κ2) is 31.2. The van der Waals surface area contributed by atoms with Crippen LogP contribution in [0.1, 0.15) is 55.4 Å². The summed E-state index contributed by atoms with van der Waals surface area (Å²) < 4.78 is 24.9. The Bertz CT molecular complexity index is 5230. The average Bonchev–Trinajstić information content (AvgIpc) is 1.63. The predicted molar refractivity (Wildman–Crippen MR) is 428 cm³/mol. The van der Waals surface area contributed by atoms with Crippen LogP contribution in [-0.2, 0) is 18.6 Å². The Kier molecular flexibility index (Phi) is 21.8. The molecule has 0 unspecified atom stereocenters. The molecule has 19 heteroatoms. The zero-order chi connectivity index (χ0) is 72.8. The zero-order valence-corrected chi connectivity index (χ0v) is 61.8. The molecule has 2 N–H and O–H groups in total. The molecule has 2 aliphatic rings. The van der Waals surface area contributed by atoms with Crippen molar-refractivity contribution in [2.75, 3.05) is 0 Å². The molecule has 0 saturated carbocycles. The van der Waals surface area contributed by atoms with Crippen molar-refractivity contribution >= 4 is 87.4 Å². The maximum atomic E-state index is 9.06. The monoisotopic (exact) mass is 1470 g/mol. The lowest BCUT2D eigenvalue weighted by Gasteiger charge is -2.32. The summed E-state index contributed by atoms with van der Waals surface area (Å²) in [5.74, 6) is 3.89. The molecule has 0 aliphatic carbocycles. The van der Waals surface area contributed by atoms with Gasteiger partial charge in [-0.25, -0.2) is 29.9 Å². The molecular formula is C85H73B3BrCl2N7O6. The van der Waals surface area contributed by atoms with Crippen LogP contribution < -0.4 is 5.59 Å². The third kappa shape index (κ3) is 16.4. The first-order chi connectivity index (χ1) is 50.1. The van der Waals surface area contributed by atoms with Crippen LogP contribution in [-0.4, -0.2) is 88.5 Å².